The highest BCUT2D eigenvalue weighted by molar-refractivity contribution is 7.91. The molecule has 1 aliphatic rings. The number of anilines is 1. The highest BCUT2D eigenvalue weighted by atomic mass is 35.5. The fraction of sp³-hybridized carbons (Fsp3) is 0.333. The molecule has 0 saturated carbocycles. The Balaban J connectivity index is 0.00000280. The Hall–Kier alpha value is -1.94. The SMILES string of the molecule is CCS(=O)(=O)c1cccc(C(=O)Nc2sc3c(c2C(N)=O)CCN(C)C3)c1.Cl. The lowest BCUT2D eigenvalue weighted by atomic mass is 10.0. The van der Waals surface area contributed by atoms with Crippen LogP contribution in [0.25, 0.3) is 0 Å². The first-order valence-corrected chi connectivity index (χ1v) is 11.0. The first-order valence-electron chi connectivity index (χ1n) is 8.50. The number of halogens is 1. The fourth-order valence-electron chi connectivity index (χ4n) is 3.05. The molecule has 2 aromatic rings. The predicted octanol–water partition coefficient (Wildman–Crippen LogP) is 2.30. The molecule has 7 nitrogen and oxygen atoms in total. The summed E-state index contributed by atoms with van der Waals surface area (Å²) in [6.45, 7) is 3.06. The van der Waals surface area contributed by atoms with Gasteiger partial charge in [-0.3, -0.25) is 9.59 Å². The smallest absolute Gasteiger partial charge is 0.256 e. The molecule has 1 aromatic carbocycles. The molecule has 1 aliphatic heterocycles. The van der Waals surface area contributed by atoms with Crippen molar-refractivity contribution in [2.24, 2.45) is 5.73 Å². The molecular weight excluding hydrogens is 422 g/mol. The summed E-state index contributed by atoms with van der Waals surface area (Å²) in [6.07, 6.45) is 0.695. The van der Waals surface area contributed by atoms with Gasteiger partial charge in [-0.25, -0.2) is 8.42 Å². The molecule has 28 heavy (non-hydrogen) atoms. The number of amides is 2. The van der Waals surface area contributed by atoms with Gasteiger partial charge in [-0.1, -0.05) is 13.0 Å². The van der Waals surface area contributed by atoms with Crippen LogP contribution in [0.4, 0.5) is 5.00 Å². The summed E-state index contributed by atoms with van der Waals surface area (Å²) in [5.74, 6) is -1.10. The van der Waals surface area contributed by atoms with E-state index in [1.165, 1.54) is 35.6 Å². The van der Waals surface area contributed by atoms with Crippen LogP contribution in [0.15, 0.2) is 29.2 Å². The number of hydrogen-bond acceptors (Lipinski definition) is 6. The van der Waals surface area contributed by atoms with Gasteiger partial charge in [0, 0.05) is 23.5 Å². The van der Waals surface area contributed by atoms with Gasteiger partial charge in [-0.15, -0.1) is 23.7 Å². The van der Waals surface area contributed by atoms with E-state index in [9.17, 15) is 18.0 Å². The second-order valence-electron chi connectivity index (χ2n) is 6.45. The summed E-state index contributed by atoms with van der Waals surface area (Å²) in [6, 6.07) is 5.87. The predicted molar refractivity (Wildman–Crippen MR) is 112 cm³/mol. The number of carbonyl (C=O) groups is 2. The van der Waals surface area contributed by atoms with Gasteiger partial charge < -0.3 is 16.0 Å². The molecule has 0 fully saturated rings. The van der Waals surface area contributed by atoms with Crippen molar-refractivity contribution in [3.05, 3.63) is 45.8 Å². The first-order chi connectivity index (χ1) is 12.7. The minimum atomic E-state index is -3.41. The lowest BCUT2D eigenvalue weighted by Gasteiger charge is -2.22. The maximum absolute atomic E-state index is 12.7. The van der Waals surface area contributed by atoms with Crippen molar-refractivity contribution in [2.45, 2.75) is 24.8 Å². The molecular formula is C18H22ClN3O4S2. The molecule has 0 radical (unpaired) electrons. The van der Waals surface area contributed by atoms with Crippen molar-refractivity contribution in [1.82, 2.24) is 4.90 Å². The fourth-order valence-corrected chi connectivity index (χ4v) is 5.31. The lowest BCUT2D eigenvalue weighted by Crippen LogP contribution is -2.27. The van der Waals surface area contributed by atoms with Crippen LogP contribution in [0, 0.1) is 0 Å². The van der Waals surface area contributed by atoms with Gasteiger partial charge in [-0.2, -0.15) is 0 Å². The molecule has 0 saturated heterocycles. The number of nitrogens with two attached hydrogens (primary N) is 1. The second-order valence-corrected chi connectivity index (χ2v) is 9.83. The Kier molecular flexibility index (Phi) is 6.87. The first kappa shape index (κ1) is 22.4. The minimum Gasteiger partial charge on any atom is -0.365 e. The van der Waals surface area contributed by atoms with Crippen LogP contribution in [0.2, 0.25) is 0 Å². The van der Waals surface area contributed by atoms with Crippen LogP contribution in [0.1, 0.15) is 38.1 Å². The highest BCUT2D eigenvalue weighted by Crippen LogP contribution is 2.36. The molecule has 2 heterocycles. The van der Waals surface area contributed by atoms with Gasteiger partial charge in [0.2, 0.25) is 0 Å². The van der Waals surface area contributed by atoms with Crippen LogP contribution >= 0.6 is 23.7 Å². The van der Waals surface area contributed by atoms with Gasteiger partial charge in [0.1, 0.15) is 5.00 Å². The largest absolute Gasteiger partial charge is 0.365 e. The number of nitrogens with zero attached hydrogens (tertiary/aromatic N) is 1. The van der Waals surface area contributed by atoms with Crippen molar-refractivity contribution >= 4 is 50.4 Å². The number of hydrogen-bond donors (Lipinski definition) is 2. The maximum atomic E-state index is 12.7. The van der Waals surface area contributed by atoms with Crippen molar-refractivity contribution < 1.29 is 18.0 Å². The maximum Gasteiger partial charge on any atom is 0.256 e. The zero-order valence-corrected chi connectivity index (χ0v) is 18.0. The van der Waals surface area contributed by atoms with Gasteiger partial charge in [0.05, 0.1) is 16.2 Å². The number of sulfone groups is 1. The molecule has 2 amide bonds. The van der Waals surface area contributed by atoms with E-state index in [-0.39, 0.29) is 28.6 Å². The number of nitrogens with one attached hydrogen (secondary N) is 1. The Bertz CT molecular complexity index is 1020. The van der Waals surface area contributed by atoms with Crippen LogP contribution in [0.5, 0.6) is 0 Å². The van der Waals surface area contributed by atoms with E-state index in [2.05, 4.69) is 10.2 Å². The number of benzene rings is 1. The summed E-state index contributed by atoms with van der Waals surface area (Å²) in [5, 5.41) is 3.16. The van der Waals surface area contributed by atoms with Crippen LogP contribution in [-0.4, -0.2) is 44.5 Å². The zero-order valence-electron chi connectivity index (χ0n) is 15.5. The summed E-state index contributed by atoms with van der Waals surface area (Å²) in [4.78, 5) is 27.9. The average Bonchev–Trinajstić information content (AvgIpc) is 2.98. The van der Waals surface area contributed by atoms with Crippen LogP contribution in [0.3, 0.4) is 0 Å². The number of rotatable bonds is 5. The summed E-state index contributed by atoms with van der Waals surface area (Å²) in [7, 11) is -1.42. The van der Waals surface area contributed by atoms with Crippen molar-refractivity contribution in [3.63, 3.8) is 0 Å². The normalized spacial score (nSPS) is 14.1. The van der Waals surface area contributed by atoms with E-state index in [1.54, 1.807) is 6.92 Å². The topological polar surface area (TPSA) is 110 Å². The lowest BCUT2D eigenvalue weighted by molar-refractivity contribution is 0.1000. The Morgan fingerprint density at radius 2 is 2.04 bits per heavy atom. The minimum absolute atomic E-state index is 0. The molecule has 0 bridgehead atoms. The molecule has 1 aromatic heterocycles. The van der Waals surface area contributed by atoms with Gasteiger partial charge >= 0.3 is 0 Å². The van der Waals surface area contributed by atoms with Crippen molar-refractivity contribution in [1.29, 1.82) is 0 Å². The third-order valence-corrected chi connectivity index (χ3v) is 7.42. The van der Waals surface area contributed by atoms with Crippen LogP contribution < -0.4 is 11.1 Å². The van der Waals surface area contributed by atoms with Crippen molar-refractivity contribution in [3.8, 4) is 0 Å². The van der Waals surface area contributed by atoms with Gasteiger partial charge in [0.25, 0.3) is 11.8 Å². The van der Waals surface area contributed by atoms with Crippen molar-refractivity contribution in [2.75, 3.05) is 24.7 Å². The molecule has 0 atom stereocenters. The van der Waals surface area contributed by atoms with Crippen LogP contribution in [-0.2, 0) is 22.8 Å². The molecule has 10 heteroatoms. The van der Waals surface area contributed by atoms with Gasteiger partial charge in [0.15, 0.2) is 9.84 Å². The number of fused-ring (bicyclic) bond motifs is 1. The summed E-state index contributed by atoms with van der Waals surface area (Å²) in [5.41, 5.74) is 7.01. The van der Waals surface area contributed by atoms with E-state index >= 15 is 0 Å². The third-order valence-electron chi connectivity index (χ3n) is 4.56. The molecule has 0 aliphatic carbocycles. The molecule has 0 spiro atoms. The number of carbonyl (C=O) groups excluding carboxylic acids is 2. The standard InChI is InChI=1S/C18H21N3O4S2.ClH/c1-3-27(24,25)12-6-4-5-11(9-12)17(23)20-18-15(16(19)22)13-7-8-21(2)10-14(13)26-18;/h4-6,9H,3,7-8,10H2,1-2H3,(H2,19,22)(H,20,23);1H. The number of likely N-dealkylation sites (N-methyl/N-ethyl adjacent to an activating group) is 1. The summed E-state index contributed by atoms with van der Waals surface area (Å²) < 4.78 is 24.1. The monoisotopic (exact) mass is 443 g/mol. The number of primary amides is 1. The Morgan fingerprint density at radius 1 is 1.32 bits per heavy atom. The third kappa shape index (κ3) is 4.38. The quantitative estimate of drug-likeness (QED) is 0.736. The van der Waals surface area contributed by atoms with E-state index < -0.39 is 21.7 Å². The van der Waals surface area contributed by atoms with Gasteiger partial charge in [-0.05, 0) is 37.2 Å². The molecule has 3 rings (SSSR count). The van der Waals surface area contributed by atoms with E-state index in [4.69, 9.17) is 5.73 Å². The molecule has 0 unspecified atom stereocenters. The Labute approximate surface area is 174 Å². The van der Waals surface area contributed by atoms with E-state index in [0.29, 0.717) is 23.5 Å². The Morgan fingerprint density at radius 3 is 2.68 bits per heavy atom. The summed E-state index contributed by atoms with van der Waals surface area (Å²) >= 11 is 1.34. The second kappa shape index (κ2) is 8.60. The average molecular weight is 444 g/mol. The van der Waals surface area contributed by atoms with E-state index in [0.717, 1.165) is 17.0 Å². The highest BCUT2D eigenvalue weighted by Gasteiger charge is 2.27. The molecule has 152 valence electrons. The number of thiophene rings is 1. The van der Waals surface area contributed by atoms with E-state index in [1.807, 2.05) is 7.05 Å². The zero-order chi connectivity index (χ0) is 19.8. The molecule has 3 N–H and O–H groups in total.